The van der Waals surface area contributed by atoms with E-state index in [9.17, 15) is 4.79 Å². The monoisotopic (exact) mass is 224 g/mol. The molecule has 0 saturated heterocycles. The van der Waals surface area contributed by atoms with Crippen LogP contribution in [-0.4, -0.2) is 22.1 Å². The fourth-order valence-corrected chi connectivity index (χ4v) is 2.03. The van der Waals surface area contributed by atoms with E-state index in [-0.39, 0.29) is 5.69 Å². The molecule has 1 saturated carbocycles. The lowest BCUT2D eigenvalue weighted by Gasteiger charge is -2.21. The van der Waals surface area contributed by atoms with Crippen LogP contribution in [0, 0.1) is 0 Å². The quantitative estimate of drug-likeness (QED) is 0.815. The summed E-state index contributed by atoms with van der Waals surface area (Å²) in [5.41, 5.74) is -0.0274. The SMILES string of the molecule is O=C(O)c1coc(CNC2CCCCC2)n1. The molecular formula is C11H16N2O3. The third-order valence-electron chi connectivity index (χ3n) is 2.92. The van der Waals surface area contributed by atoms with Gasteiger partial charge in [0, 0.05) is 6.04 Å². The summed E-state index contributed by atoms with van der Waals surface area (Å²) >= 11 is 0. The van der Waals surface area contributed by atoms with Crippen LogP contribution in [0.2, 0.25) is 0 Å². The largest absolute Gasteiger partial charge is 0.476 e. The Hall–Kier alpha value is -1.36. The average Bonchev–Trinajstić information content (AvgIpc) is 2.76. The first-order valence-electron chi connectivity index (χ1n) is 5.67. The Labute approximate surface area is 93.9 Å². The average molecular weight is 224 g/mol. The lowest BCUT2D eigenvalue weighted by atomic mass is 9.95. The molecule has 0 amide bonds. The lowest BCUT2D eigenvalue weighted by molar-refractivity contribution is 0.0690. The predicted octanol–water partition coefficient (Wildman–Crippen LogP) is 1.80. The molecule has 0 aromatic carbocycles. The van der Waals surface area contributed by atoms with Crippen LogP contribution >= 0.6 is 0 Å². The number of aromatic nitrogens is 1. The van der Waals surface area contributed by atoms with Gasteiger partial charge < -0.3 is 14.8 Å². The van der Waals surface area contributed by atoms with Gasteiger partial charge in [0.05, 0.1) is 6.54 Å². The summed E-state index contributed by atoms with van der Waals surface area (Å²) < 4.78 is 5.06. The molecule has 1 aliphatic rings. The summed E-state index contributed by atoms with van der Waals surface area (Å²) in [5, 5.41) is 12.0. The number of carbonyl (C=O) groups is 1. The van der Waals surface area contributed by atoms with E-state index >= 15 is 0 Å². The molecule has 1 heterocycles. The number of nitrogens with one attached hydrogen (secondary N) is 1. The zero-order valence-corrected chi connectivity index (χ0v) is 9.11. The second-order valence-electron chi connectivity index (χ2n) is 4.15. The molecule has 0 unspecified atom stereocenters. The van der Waals surface area contributed by atoms with Crippen LogP contribution in [0.5, 0.6) is 0 Å². The van der Waals surface area contributed by atoms with Gasteiger partial charge in [-0.15, -0.1) is 0 Å². The standard InChI is InChI=1S/C11H16N2O3/c14-11(15)9-7-16-10(13-9)6-12-8-4-2-1-3-5-8/h7-8,12H,1-6H2,(H,14,15). The van der Waals surface area contributed by atoms with Gasteiger partial charge in [-0.2, -0.15) is 0 Å². The van der Waals surface area contributed by atoms with Crippen LogP contribution < -0.4 is 5.32 Å². The van der Waals surface area contributed by atoms with Crippen molar-refractivity contribution in [3.8, 4) is 0 Å². The molecule has 0 radical (unpaired) electrons. The molecular weight excluding hydrogens is 208 g/mol. The highest BCUT2D eigenvalue weighted by molar-refractivity contribution is 5.84. The third-order valence-corrected chi connectivity index (χ3v) is 2.92. The van der Waals surface area contributed by atoms with Gasteiger partial charge in [0.1, 0.15) is 6.26 Å². The predicted molar refractivity (Wildman–Crippen MR) is 57.2 cm³/mol. The minimum Gasteiger partial charge on any atom is -0.476 e. The number of carboxylic acids is 1. The Morgan fingerprint density at radius 2 is 2.25 bits per heavy atom. The number of oxazole rings is 1. The van der Waals surface area contributed by atoms with Crippen LogP contribution in [-0.2, 0) is 6.54 Å². The Bertz CT molecular complexity index is 356. The van der Waals surface area contributed by atoms with Crippen molar-refractivity contribution in [2.75, 3.05) is 0 Å². The smallest absolute Gasteiger partial charge is 0.357 e. The first kappa shape index (κ1) is 11.1. The fourth-order valence-electron chi connectivity index (χ4n) is 2.03. The van der Waals surface area contributed by atoms with Crippen LogP contribution in [0.4, 0.5) is 0 Å². The minimum atomic E-state index is -1.05. The number of nitrogens with zero attached hydrogens (tertiary/aromatic N) is 1. The summed E-state index contributed by atoms with van der Waals surface area (Å²) in [6.45, 7) is 0.512. The van der Waals surface area contributed by atoms with Gasteiger partial charge in [0.25, 0.3) is 0 Å². The number of hydrogen-bond donors (Lipinski definition) is 2. The van der Waals surface area contributed by atoms with Crippen LogP contribution in [0.25, 0.3) is 0 Å². The molecule has 16 heavy (non-hydrogen) atoms. The normalized spacial score (nSPS) is 17.5. The second kappa shape index (κ2) is 5.12. The van der Waals surface area contributed by atoms with Gasteiger partial charge in [0.2, 0.25) is 5.89 Å². The number of aromatic carboxylic acids is 1. The molecule has 0 spiro atoms. The van der Waals surface area contributed by atoms with Gasteiger partial charge in [0.15, 0.2) is 5.69 Å². The van der Waals surface area contributed by atoms with E-state index in [0.717, 1.165) is 0 Å². The Morgan fingerprint density at radius 1 is 1.50 bits per heavy atom. The fraction of sp³-hybridized carbons (Fsp3) is 0.636. The van der Waals surface area contributed by atoms with Gasteiger partial charge in [-0.05, 0) is 12.8 Å². The minimum absolute atomic E-state index is 0.0274. The number of carboxylic acid groups (broad SMARTS) is 1. The molecule has 1 aromatic heterocycles. The Balaban J connectivity index is 1.81. The molecule has 2 rings (SSSR count). The summed E-state index contributed by atoms with van der Waals surface area (Å²) in [6, 6.07) is 0.522. The third kappa shape index (κ3) is 2.82. The van der Waals surface area contributed by atoms with Crippen molar-refractivity contribution in [3.05, 3.63) is 17.8 Å². The van der Waals surface area contributed by atoms with E-state index in [0.29, 0.717) is 18.5 Å². The molecule has 1 aromatic rings. The topological polar surface area (TPSA) is 75.4 Å². The zero-order chi connectivity index (χ0) is 11.4. The maximum Gasteiger partial charge on any atom is 0.357 e. The lowest BCUT2D eigenvalue weighted by Crippen LogP contribution is -2.30. The highest BCUT2D eigenvalue weighted by Crippen LogP contribution is 2.17. The van der Waals surface area contributed by atoms with E-state index in [2.05, 4.69) is 10.3 Å². The van der Waals surface area contributed by atoms with Crippen molar-refractivity contribution in [1.82, 2.24) is 10.3 Å². The van der Waals surface area contributed by atoms with E-state index in [1.807, 2.05) is 0 Å². The molecule has 0 atom stereocenters. The molecule has 5 nitrogen and oxygen atoms in total. The van der Waals surface area contributed by atoms with E-state index in [1.54, 1.807) is 0 Å². The molecule has 2 N–H and O–H groups in total. The second-order valence-corrected chi connectivity index (χ2v) is 4.15. The Kier molecular flexibility index (Phi) is 3.56. The Morgan fingerprint density at radius 3 is 2.88 bits per heavy atom. The summed E-state index contributed by atoms with van der Waals surface area (Å²) in [6.07, 6.45) is 7.41. The zero-order valence-electron chi connectivity index (χ0n) is 9.11. The molecule has 5 heteroatoms. The summed E-state index contributed by atoms with van der Waals surface area (Å²) in [7, 11) is 0. The summed E-state index contributed by atoms with van der Waals surface area (Å²) in [5.74, 6) is -0.601. The van der Waals surface area contributed by atoms with Crippen molar-refractivity contribution in [3.63, 3.8) is 0 Å². The van der Waals surface area contributed by atoms with Gasteiger partial charge in [-0.3, -0.25) is 0 Å². The van der Waals surface area contributed by atoms with Gasteiger partial charge in [-0.1, -0.05) is 19.3 Å². The van der Waals surface area contributed by atoms with Crippen LogP contribution in [0.15, 0.2) is 10.7 Å². The maximum atomic E-state index is 10.6. The van der Waals surface area contributed by atoms with Crippen molar-refractivity contribution in [2.24, 2.45) is 0 Å². The molecule has 1 aliphatic carbocycles. The van der Waals surface area contributed by atoms with E-state index < -0.39 is 5.97 Å². The molecule has 1 fully saturated rings. The van der Waals surface area contributed by atoms with E-state index in [4.69, 9.17) is 9.52 Å². The first-order valence-corrected chi connectivity index (χ1v) is 5.67. The number of rotatable bonds is 4. The van der Waals surface area contributed by atoms with E-state index in [1.165, 1.54) is 38.4 Å². The molecule has 88 valence electrons. The van der Waals surface area contributed by atoms with Gasteiger partial charge >= 0.3 is 5.97 Å². The molecule has 0 bridgehead atoms. The van der Waals surface area contributed by atoms with Crippen LogP contribution in [0.1, 0.15) is 48.5 Å². The van der Waals surface area contributed by atoms with Crippen molar-refractivity contribution >= 4 is 5.97 Å². The van der Waals surface area contributed by atoms with Crippen molar-refractivity contribution < 1.29 is 14.3 Å². The van der Waals surface area contributed by atoms with Crippen molar-refractivity contribution in [1.29, 1.82) is 0 Å². The van der Waals surface area contributed by atoms with Crippen LogP contribution in [0.3, 0.4) is 0 Å². The number of hydrogen-bond acceptors (Lipinski definition) is 4. The highest BCUT2D eigenvalue weighted by Gasteiger charge is 2.14. The summed E-state index contributed by atoms with van der Waals surface area (Å²) in [4.78, 5) is 14.4. The van der Waals surface area contributed by atoms with Gasteiger partial charge in [-0.25, -0.2) is 9.78 Å². The van der Waals surface area contributed by atoms with Crippen molar-refractivity contribution in [2.45, 2.75) is 44.7 Å². The maximum absolute atomic E-state index is 10.6. The highest BCUT2D eigenvalue weighted by atomic mass is 16.4. The first-order chi connectivity index (χ1) is 7.75. The molecule has 0 aliphatic heterocycles.